The van der Waals surface area contributed by atoms with Crippen LogP contribution < -0.4 is 0 Å². The van der Waals surface area contributed by atoms with E-state index in [1.54, 1.807) is 6.92 Å². The smallest absolute Gasteiger partial charge is 0.417 e. The highest BCUT2D eigenvalue weighted by atomic mass is 35.5. The number of hydrogen-bond donors (Lipinski definition) is 0. The van der Waals surface area contributed by atoms with E-state index in [0.717, 1.165) is 11.8 Å². The monoisotopic (exact) mass is 409 g/mol. The molecule has 11 heteroatoms. The molecule has 0 aliphatic heterocycles. The summed E-state index contributed by atoms with van der Waals surface area (Å²) in [4.78, 5) is 22.9. The molecule has 0 amide bonds. The Hall–Kier alpha value is -1.94. The van der Waals surface area contributed by atoms with Crippen LogP contribution in [0.15, 0.2) is 17.3 Å². The first-order valence-electron chi connectivity index (χ1n) is 7.19. The molecule has 0 atom stereocenters. The largest absolute Gasteiger partial charge is 0.465 e. The maximum atomic E-state index is 14.2. The Morgan fingerprint density at radius 1 is 1.35 bits per heavy atom. The molecule has 0 aromatic carbocycles. The van der Waals surface area contributed by atoms with Crippen molar-refractivity contribution in [2.24, 2.45) is 0 Å². The van der Waals surface area contributed by atoms with Crippen molar-refractivity contribution < 1.29 is 27.1 Å². The molecule has 0 saturated heterocycles. The van der Waals surface area contributed by atoms with Crippen molar-refractivity contribution in [2.45, 2.75) is 25.0 Å². The maximum absolute atomic E-state index is 14.2. The SMILES string of the molecule is CCOC(=O)CSc1nc(-c2ncc(C(F)(F)F)cc2Cl)nc(C)c1F. The van der Waals surface area contributed by atoms with Crippen LogP contribution in [0.2, 0.25) is 5.02 Å². The van der Waals surface area contributed by atoms with Gasteiger partial charge in [-0.05, 0) is 19.9 Å². The lowest BCUT2D eigenvalue weighted by Gasteiger charge is -2.10. The Kier molecular flexibility index (Phi) is 6.40. The fourth-order valence-corrected chi connectivity index (χ4v) is 2.84. The summed E-state index contributed by atoms with van der Waals surface area (Å²) >= 11 is 6.65. The molecule has 140 valence electrons. The molecule has 0 fully saturated rings. The summed E-state index contributed by atoms with van der Waals surface area (Å²) in [5.41, 5.74) is -1.21. The van der Waals surface area contributed by atoms with Gasteiger partial charge in [-0.3, -0.25) is 9.78 Å². The van der Waals surface area contributed by atoms with Crippen LogP contribution in [0.25, 0.3) is 11.5 Å². The van der Waals surface area contributed by atoms with E-state index in [1.807, 2.05) is 0 Å². The highest BCUT2D eigenvalue weighted by molar-refractivity contribution is 7.99. The van der Waals surface area contributed by atoms with Gasteiger partial charge in [0.15, 0.2) is 11.6 Å². The van der Waals surface area contributed by atoms with Gasteiger partial charge >= 0.3 is 12.1 Å². The van der Waals surface area contributed by atoms with Gasteiger partial charge in [-0.2, -0.15) is 13.2 Å². The predicted molar refractivity (Wildman–Crippen MR) is 87.3 cm³/mol. The number of carbonyl (C=O) groups excluding carboxylic acids is 1. The first-order chi connectivity index (χ1) is 12.1. The summed E-state index contributed by atoms with van der Waals surface area (Å²) in [5.74, 6) is -1.63. The highest BCUT2D eigenvalue weighted by Crippen LogP contribution is 2.34. The van der Waals surface area contributed by atoms with Gasteiger partial charge in [-0.1, -0.05) is 23.4 Å². The molecule has 0 bridgehead atoms. The molecule has 0 spiro atoms. The number of nitrogens with zero attached hydrogens (tertiary/aromatic N) is 3. The summed E-state index contributed by atoms with van der Waals surface area (Å²) in [6.07, 6.45) is -4.01. The standard InChI is InChI=1S/C15H12ClF4N3O2S/c1-3-25-10(24)6-26-14-11(17)7(2)22-13(23-14)12-9(16)4-8(5-21-12)15(18,19)20/h4-5H,3,6H2,1-2H3. The number of ether oxygens (including phenoxy) is 1. The van der Waals surface area contributed by atoms with Gasteiger partial charge in [0.1, 0.15) is 10.7 Å². The predicted octanol–water partition coefficient (Wildman–Crippen LogP) is 4.31. The second kappa shape index (κ2) is 8.17. The molecule has 2 aromatic rings. The Labute approximate surface area is 155 Å². The summed E-state index contributed by atoms with van der Waals surface area (Å²) in [6, 6.07) is 0.692. The van der Waals surface area contributed by atoms with Crippen molar-refractivity contribution in [2.75, 3.05) is 12.4 Å². The van der Waals surface area contributed by atoms with Gasteiger partial charge in [0.2, 0.25) is 0 Å². The molecule has 2 heterocycles. The van der Waals surface area contributed by atoms with Crippen molar-refractivity contribution in [3.8, 4) is 11.5 Å². The van der Waals surface area contributed by atoms with Crippen molar-refractivity contribution in [1.29, 1.82) is 0 Å². The molecular weight excluding hydrogens is 398 g/mol. The number of thioether (sulfide) groups is 1. The van der Waals surface area contributed by atoms with Crippen molar-refractivity contribution in [1.82, 2.24) is 15.0 Å². The minimum atomic E-state index is -4.60. The number of pyridine rings is 1. The molecule has 0 unspecified atom stereocenters. The molecule has 0 saturated carbocycles. The van der Waals surface area contributed by atoms with Crippen LogP contribution in [0, 0.1) is 12.7 Å². The van der Waals surface area contributed by atoms with Crippen molar-refractivity contribution >= 4 is 29.3 Å². The normalized spacial score (nSPS) is 11.5. The third-order valence-corrected chi connectivity index (χ3v) is 4.21. The zero-order valence-corrected chi connectivity index (χ0v) is 15.1. The van der Waals surface area contributed by atoms with Crippen molar-refractivity contribution in [3.63, 3.8) is 0 Å². The van der Waals surface area contributed by atoms with E-state index < -0.39 is 23.5 Å². The first-order valence-corrected chi connectivity index (χ1v) is 8.55. The van der Waals surface area contributed by atoms with Gasteiger partial charge in [0.25, 0.3) is 0 Å². The van der Waals surface area contributed by atoms with E-state index in [9.17, 15) is 22.4 Å². The Morgan fingerprint density at radius 2 is 2.04 bits per heavy atom. The molecule has 0 radical (unpaired) electrons. The summed E-state index contributed by atoms with van der Waals surface area (Å²) in [7, 11) is 0. The lowest BCUT2D eigenvalue weighted by Crippen LogP contribution is -2.09. The molecule has 26 heavy (non-hydrogen) atoms. The minimum absolute atomic E-state index is 0.0564. The Bertz CT molecular complexity index is 833. The van der Waals surface area contributed by atoms with Gasteiger partial charge < -0.3 is 4.74 Å². The number of halogens is 5. The van der Waals surface area contributed by atoms with E-state index >= 15 is 0 Å². The molecule has 0 aliphatic carbocycles. The number of esters is 1. The van der Waals surface area contributed by atoms with E-state index in [2.05, 4.69) is 15.0 Å². The molecule has 5 nitrogen and oxygen atoms in total. The molecule has 2 aromatic heterocycles. The minimum Gasteiger partial charge on any atom is -0.465 e. The van der Waals surface area contributed by atoms with Gasteiger partial charge in [-0.15, -0.1) is 0 Å². The lowest BCUT2D eigenvalue weighted by atomic mass is 10.2. The van der Waals surface area contributed by atoms with Crippen LogP contribution in [0.1, 0.15) is 18.2 Å². The Balaban J connectivity index is 2.37. The second-order valence-electron chi connectivity index (χ2n) is 4.90. The number of hydrogen-bond acceptors (Lipinski definition) is 6. The number of rotatable bonds is 5. The molecule has 0 aliphatic rings. The third kappa shape index (κ3) is 4.82. The molecule has 0 N–H and O–H groups in total. The summed E-state index contributed by atoms with van der Waals surface area (Å²) in [5, 5.41) is -0.481. The second-order valence-corrected chi connectivity index (χ2v) is 6.27. The molecule has 2 rings (SSSR count). The number of carbonyl (C=O) groups is 1. The lowest BCUT2D eigenvalue weighted by molar-refractivity contribution is -0.140. The van der Waals surface area contributed by atoms with Crippen LogP contribution in [0.5, 0.6) is 0 Å². The van der Waals surface area contributed by atoms with Crippen LogP contribution >= 0.6 is 23.4 Å². The van der Waals surface area contributed by atoms with Crippen molar-refractivity contribution in [3.05, 3.63) is 34.4 Å². The van der Waals surface area contributed by atoms with Gasteiger partial charge in [-0.25, -0.2) is 14.4 Å². The van der Waals surface area contributed by atoms with E-state index in [0.29, 0.717) is 12.3 Å². The summed E-state index contributed by atoms with van der Waals surface area (Å²) < 4.78 is 57.0. The average molecular weight is 410 g/mol. The third-order valence-electron chi connectivity index (χ3n) is 3.00. The van der Waals surface area contributed by atoms with Gasteiger partial charge in [0, 0.05) is 6.20 Å². The fourth-order valence-electron chi connectivity index (χ4n) is 1.82. The van der Waals surface area contributed by atoms with E-state index in [4.69, 9.17) is 16.3 Å². The van der Waals surface area contributed by atoms with Crippen LogP contribution in [-0.4, -0.2) is 33.3 Å². The average Bonchev–Trinajstić information content (AvgIpc) is 2.55. The maximum Gasteiger partial charge on any atom is 0.417 e. The van der Waals surface area contributed by atoms with Crippen LogP contribution in [0.4, 0.5) is 17.6 Å². The fraction of sp³-hybridized carbons (Fsp3) is 0.333. The number of aryl methyl sites for hydroxylation is 1. The zero-order valence-electron chi connectivity index (χ0n) is 13.5. The number of alkyl halides is 3. The number of aromatic nitrogens is 3. The molecular formula is C15H12ClF4N3O2S. The Morgan fingerprint density at radius 3 is 2.62 bits per heavy atom. The van der Waals surface area contributed by atoms with Crippen LogP contribution in [0.3, 0.4) is 0 Å². The topological polar surface area (TPSA) is 65.0 Å². The zero-order chi connectivity index (χ0) is 19.5. The van der Waals surface area contributed by atoms with E-state index in [1.165, 1.54) is 6.92 Å². The van der Waals surface area contributed by atoms with E-state index in [-0.39, 0.29) is 39.6 Å². The first kappa shape index (κ1) is 20.4. The quantitative estimate of drug-likeness (QED) is 0.317. The van der Waals surface area contributed by atoms with Crippen LogP contribution in [-0.2, 0) is 15.7 Å². The highest BCUT2D eigenvalue weighted by Gasteiger charge is 2.32. The van der Waals surface area contributed by atoms with Gasteiger partial charge in [0.05, 0.1) is 28.6 Å². The summed E-state index contributed by atoms with van der Waals surface area (Å²) in [6.45, 7) is 3.17.